The zero-order chi connectivity index (χ0) is 13.1. The third kappa shape index (κ3) is 2.88. The normalized spacial score (nSPS) is 15.9. The van der Waals surface area contributed by atoms with Crippen LogP contribution in [0.4, 0.5) is 4.39 Å². The zero-order valence-corrected chi connectivity index (χ0v) is 10.5. The van der Waals surface area contributed by atoms with Gasteiger partial charge in [-0.05, 0) is 18.6 Å². The molecule has 18 heavy (non-hydrogen) atoms. The third-order valence-corrected chi connectivity index (χ3v) is 3.35. The maximum Gasteiger partial charge on any atom is 0.227 e. The molecule has 1 aromatic rings. The second-order valence-corrected chi connectivity index (χ2v) is 4.74. The summed E-state index contributed by atoms with van der Waals surface area (Å²) in [5.74, 6) is -0.691. The third-order valence-electron chi connectivity index (χ3n) is 2.99. The quantitative estimate of drug-likeness (QED) is 0.826. The van der Waals surface area contributed by atoms with Crippen LogP contribution in [0.1, 0.15) is 18.4 Å². The molecular formula is C13H13ClFNO2. The zero-order valence-electron chi connectivity index (χ0n) is 9.79. The van der Waals surface area contributed by atoms with Crippen molar-refractivity contribution in [2.24, 2.45) is 0 Å². The number of hydrogen-bond donors (Lipinski definition) is 0. The molecule has 1 heterocycles. The lowest BCUT2D eigenvalue weighted by Gasteiger charge is -2.26. The van der Waals surface area contributed by atoms with Gasteiger partial charge in [0.05, 0.1) is 13.0 Å². The Kier molecular flexibility index (Phi) is 3.97. The van der Waals surface area contributed by atoms with E-state index < -0.39 is 5.82 Å². The summed E-state index contributed by atoms with van der Waals surface area (Å²) in [5.41, 5.74) is 0.196. The lowest BCUT2D eigenvalue weighted by molar-refractivity contribution is -0.137. The first kappa shape index (κ1) is 13.0. The highest BCUT2D eigenvalue weighted by atomic mass is 35.5. The number of benzene rings is 1. The van der Waals surface area contributed by atoms with Crippen molar-refractivity contribution >= 4 is 23.3 Å². The Labute approximate surface area is 110 Å². The van der Waals surface area contributed by atoms with Crippen molar-refractivity contribution in [3.63, 3.8) is 0 Å². The minimum Gasteiger partial charge on any atom is -0.335 e. The summed E-state index contributed by atoms with van der Waals surface area (Å²) >= 11 is 5.86. The van der Waals surface area contributed by atoms with Crippen LogP contribution in [0.25, 0.3) is 0 Å². The SMILES string of the molecule is O=C1CCCN(C(=O)Cc2c(F)cccc2Cl)C1. The van der Waals surface area contributed by atoms with Gasteiger partial charge in [0.15, 0.2) is 5.78 Å². The van der Waals surface area contributed by atoms with E-state index in [2.05, 4.69) is 0 Å². The Balaban J connectivity index is 2.09. The van der Waals surface area contributed by atoms with Crippen molar-refractivity contribution in [1.29, 1.82) is 0 Å². The molecule has 0 saturated carbocycles. The minimum atomic E-state index is -0.487. The monoisotopic (exact) mass is 269 g/mol. The van der Waals surface area contributed by atoms with Crippen LogP contribution in [0.15, 0.2) is 18.2 Å². The molecule has 5 heteroatoms. The molecule has 1 amide bonds. The summed E-state index contributed by atoms with van der Waals surface area (Å²) < 4.78 is 13.5. The van der Waals surface area contributed by atoms with E-state index in [1.54, 1.807) is 6.07 Å². The Morgan fingerprint density at radius 1 is 1.44 bits per heavy atom. The van der Waals surface area contributed by atoms with Crippen LogP contribution in [0.3, 0.4) is 0 Å². The molecule has 0 N–H and O–H groups in total. The minimum absolute atomic E-state index is 0.0502. The van der Waals surface area contributed by atoms with E-state index in [0.717, 1.165) is 0 Å². The van der Waals surface area contributed by atoms with Crippen LogP contribution in [0.5, 0.6) is 0 Å². The molecule has 0 radical (unpaired) electrons. The van der Waals surface area contributed by atoms with Crippen molar-refractivity contribution in [3.05, 3.63) is 34.6 Å². The summed E-state index contributed by atoms with van der Waals surface area (Å²) in [6, 6.07) is 4.32. The molecule has 2 rings (SSSR count). The molecular weight excluding hydrogens is 257 g/mol. The van der Waals surface area contributed by atoms with Gasteiger partial charge in [0, 0.05) is 23.6 Å². The van der Waals surface area contributed by atoms with E-state index in [0.29, 0.717) is 19.4 Å². The molecule has 1 aliphatic rings. The van der Waals surface area contributed by atoms with Gasteiger partial charge in [0.25, 0.3) is 0 Å². The first-order valence-electron chi connectivity index (χ1n) is 5.80. The Morgan fingerprint density at radius 2 is 2.22 bits per heavy atom. The fourth-order valence-electron chi connectivity index (χ4n) is 2.02. The van der Waals surface area contributed by atoms with Crippen molar-refractivity contribution in [3.8, 4) is 0 Å². The lowest BCUT2D eigenvalue weighted by atomic mass is 10.1. The van der Waals surface area contributed by atoms with E-state index >= 15 is 0 Å². The van der Waals surface area contributed by atoms with Gasteiger partial charge in [-0.3, -0.25) is 9.59 Å². The van der Waals surface area contributed by atoms with Crippen molar-refractivity contribution < 1.29 is 14.0 Å². The standard InChI is InChI=1S/C13H13ClFNO2/c14-11-4-1-5-12(15)10(11)7-13(18)16-6-2-3-9(17)8-16/h1,4-5H,2-3,6-8H2. The molecule has 0 bridgehead atoms. The molecule has 1 saturated heterocycles. The number of halogens is 2. The average molecular weight is 270 g/mol. The smallest absolute Gasteiger partial charge is 0.227 e. The fraction of sp³-hybridized carbons (Fsp3) is 0.385. The van der Waals surface area contributed by atoms with Crippen molar-refractivity contribution in [1.82, 2.24) is 4.90 Å². The number of hydrogen-bond acceptors (Lipinski definition) is 2. The van der Waals surface area contributed by atoms with Gasteiger partial charge in [-0.25, -0.2) is 4.39 Å². The Bertz CT molecular complexity index is 470. The van der Waals surface area contributed by atoms with Gasteiger partial charge in [-0.15, -0.1) is 0 Å². The highest BCUT2D eigenvalue weighted by Gasteiger charge is 2.23. The van der Waals surface area contributed by atoms with Gasteiger partial charge in [-0.2, -0.15) is 0 Å². The number of Topliss-reactive ketones (excluding diaryl/α,β-unsaturated/α-hetero) is 1. The second-order valence-electron chi connectivity index (χ2n) is 4.33. The number of carbonyl (C=O) groups is 2. The molecule has 0 atom stereocenters. The van der Waals surface area contributed by atoms with E-state index in [4.69, 9.17) is 11.6 Å². The van der Waals surface area contributed by atoms with Crippen LogP contribution in [0.2, 0.25) is 5.02 Å². The summed E-state index contributed by atoms with van der Waals surface area (Å²) in [5, 5.41) is 0.242. The summed E-state index contributed by atoms with van der Waals surface area (Å²) in [4.78, 5) is 24.7. The average Bonchev–Trinajstić information content (AvgIpc) is 2.34. The van der Waals surface area contributed by atoms with E-state index in [9.17, 15) is 14.0 Å². The van der Waals surface area contributed by atoms with E-state index in [1.807, 2.05) is 0 Å². The van der Waals surface area contributed by atoms with Gasteiger partial charge in [0.2, 0.25) is 5.91 Å². The maximum atomic E-state index is 13.5. The summed E-state index contributed by atoms with van der Waals surface area (Å²) in [6.45, 7) is 0.682. The summed E-state index contributed by atoms with van der Waals surface area (Å²) in [6.07, 6.45) is 1.10. The highest BCUT2D eigenvalue weighted by molar-refractivity contribution is 6.31. The van der Waals surface area contributed by atoms with Crippen LogP contribution < -0.4 is 0 Å². The number of piperidine rings is 1. The number of amides is 1. The fourth-order valence-corrected chi connectivity index (χ4v) is 2.25. The molecule has 1 fully saturated rings. The largest absolute Gasteiger partial charge is 0.335 e. The second kappa shape index (κ2) is 5.48. The predicted molar refractivity (Wildman–Crippen MR) is 65.9 cm³/mol. The maximum absolute atomic E-state index is 13.5. The highest BCUT2D eigenvalue weighted by Crippen LogP contribution is 2.20. The lowest BCUT2D eigenvalue weighted by Crippen LogP contribution is -2.41. The topological polar surface area (TPSA) is 37.4 Å². The number of ketones is 1. The number of rotatable bonds is 2. The molecule has 1 aromatic carbocycles. The predicted octanol–water partition coefficient (Wildman–Crippen LogP) is 2.21. The molecule has 1 aliphatic heterocycles. The molecule has 0 spiro atoms. The van der Waals surface area contributed by atoms with Gasteiger partial charge in [-0.1, -0.05) is 17.7 Å². The molecule has 3 nitrogen and oxygen atoms in total. The Hall–Kier alpha value is -1.42. The van der Waals surface area contributed by atoms with Gasteiger partial charge >= 0.3 is 0 Å². The van der Waals surface area contributed by atoms with E-state index in [1.165, 1.54) is 17.0 Å². The molecule has 96 valence electrons. The first-order valence-corrected chi connectivity index (χ1v) is 6.18. The number of carbonyl (C=O) groups excluding carboxylic acids is 2. The van der Waals surface area contributed by atoms with E-state index in [-0.39, 0.29) is 35.2 Å². The summed E-state index contributed by atoms with van der Waals surface area (Å²) in [7, 11) is 0. The van der Waals surface area contributed by atoms with Gasteiger partial charge in [0.1, 0.15) is 5.82 Å². The Morgan fingerprint density at radius 3 is 2.89 bits per heavy atom. The van der Waals surface area contributed by atoms with Crippen molar-refractivity contribution in [2.45, 2.75) is 19.3 Å². The first-order chi connectivity index (χ1) is 8.58. The van der Waals surface area contributed by atoms with Crippen LogP contribution in [-0.4, -0.2) is 29.7 Å². The molecule has 0 aromatic heterocycles. The number of nitrogens with zero attached hydrogens (tertiary/aromatic N) is 1. The van der Waals surface area contributed by atoms with Crippen LogP contribution in [-0.2, 0) is 16.0 Å². The number of likely N-dealkylation sites (tertiary alicyclic amines) is 1. The molecule has 0 unspecified atom stereocenters. The van der Waals surface area contributed by atoms with Gasteiger partial charge < -0.3 is 4.90 Å². The molecule has 0 aliphatic carbocycles. The van der Waals surface area contributed by atoms with Crippen LogP contribution >= 0.6 is 11.6 Å². The van der Waals surface area contributed by atoms with Crippen molar-refractivity contribution in [2.75, 3.05) is 13.1 Å². The van der Waals surface area contributed by atoms with Crippen LogP contribution in [0, 0.1) is 5.82 Å².